The van der Waals surface area contributed by atoms with Gasteiger partial charge in [0.2, 0.25) is 0 Å². The van der Waals surface area contributed by atoms with E-state index in [-0.39, 0.29) is 16.3 Å². The number of nitrogens with one attached hydrogen (secondary N) is 2. The summed E-state index contributed by atoms with van der Waals surface area (Å²) in [7, 11) is -3.94. The minimum atomic E-state index is -3.94. The number of hydrogen-bond acceptors (Lipinski definition) is 5. The topological polar surface area (TPSA) is 118 Å². The van der Waals surface area contributed by atoms with Gasteiger partial charge in [0.15, 0.2) is 11.5 Å². The molecule has 1 aromatic carbocycles. The number of hydrogen-bond donors (Lipinski definition) is 3. The number of rotatable bonds is 4. The van der Waals surface area contributed by atoms with E-state index in [0.29, 0.717) is 24.7 Å². The zero-order valence-corrected chi connectivity index (χ0v) is 12.0. The number of anilines is 1. The van der Waals surface area contributed by atoms with Crippen LogP contribution in [0.2, 0.25) is 0 Å². The maximum absolute atomic E-state index is 12.3. The van der Waals surface area contributed by atoms with E-state index in [1.807, 2.05) is 0 Å². The highest BCUT2D eigenvalue weighted by Crippen LogP contribution is 2.38. The Morgan fingerprint density at radius 3 is 2.77 bits per heavy atom. The van der Waals surface area contributed by atoms with E-state index in [9.17, 15) is 13.2 Å². The molecule has 0 atom stereocenters. The fraction of sp³-hybridized carbons (Fsp3) is 0.154. The first kappa shape index (κ1) is 14.3. The van der Waals surface area contributed by atoms with Crippen LogP contribution in [-0.2, 0) is 10.0 Å². The number of fused-ring (bicyclic) bond motifs is 1. The molecule has 2 aromatic rings. The van der Waals surface area contributed by atoms with Crippen molar-refractivity contribution < 1.29 is 27.8 Å². The SMILES string of the molecule is O=C(O)c1cc(S(=O)(=O)Nc2cccc3c2OCCO3)c[nH]1. The summed E-state index contributed by atoms with van der Waals surface area (Å²) in [5.41, 5.74) is 0.0188. The molecule has 0 aliphatic carbocycles. The van der Waals surface area contributed by atoms with Crippen LogP contribution >= 0.6 is 0 Å². The maximum Gasteiger partial charge on any atom is 0.352 e. The van der Waals surface area contributed by atoms with Gasteiger partial charge in [-0.05, 0) is 18.2 Å². The number of aromatic amines is 1. The highest BCUT2D eigenvalue weighted by molar-refractivity contribution is 7.92. The van der Waals surface area contributed by atoms with Crippen LogP contribution in [-0.4, -0.2) is 37.7 Å². The molecule has 0 saturated heterocycles. The van der Waals surface area contributed by atoms with Gasteiger partial charge in [0.25, 0.3) is 10.0 Å². The monoisotopic (exact) mass is 324 g/mol. The van der Waals surface area contributed by atoms with Gasteiger partial charge < -0.3 is 19.6 Å². The molecule has 3 N–H and O–H groups in total. The van der Waals surface area contributed by atoms with E-state index in [0.717, 1.165) is 12.3 Å². The zero-order chi connectivity index (χ0) is 15.7. The minimum absolute atomic E-state index is 0.181. The first-order valence-electron chi connectivity index (χ1n) is 6.30. The molecule has 0 fully saturated rings. The molecule has 3 rings (SSSR count). The van der Waals surface area contributed by atoms with Crippen molar-refractivity contribution in [2.75, 3.05) is 17.9 Å². The lowest BCUT2D eigenvalue weighted by Gasteiger charge is -2.21. The first-order valence-corrected chi connectivity index (χ1v) is 7.79. The summed E-state index contributed by atoms with van der Waals surface area (Å²) in [5, 5.41) is 8.83. The predicted octanol–water partition coefficient (Wildman–Crippen LogP) is 1.28. The number of ether oxygens (including phenoxy) is 2. The molecule has 0 amide bonds. The number of H-pyrrole nitrogens is 1. The van der Waals surface area contributed by atoms with Crippen molar-refractivity contribution in [3.63, 3.8) is 0 Å². The van der Waals surface area contributed by atoms with Crippen LogP contribution in [0.1, 0.15) is 10.5 Å². The van der Waals surface area contributed by atoms with Gasteiger partial charge in [0.1, 0.15) is 23.8 Å². The summed E-state index contributed by atoms with van der Waals surface area (Å²) in [6.45, 7) is 0.710. The largest absolute Gasteiger partial charge is 0.486 e. The smallest absolute Gasteiger partial charge is 0.352 e. The number of carboxylic acid groups (broad SMARTS) is 1. The summed E-state index contributed by atoms with van der Waals surface area (Å²) in [6, 6.07) is 5.88. The second kappa shape index (κ2) is 5.26. The van der Waals surface area contributed by atoms with Gasteiger partial charge in [-0.25, -0.2) is 13.2 Å². The maximum atomic E-state index is 12.3. The summed E-state index contributed by atoms with van der Waals surface area (Å²) in [5.74, 6) is -0.478. The van der Waals surface area contributed by atoms with Crippen molar-refractivity contribution in [2.45, 2.75) is 4.90 Å². The van der Waals surface area contributed by atoms with Crippen LogP contribution in [0.3, 0.4) is 0 Å². The predicted molar refractivity (Wildman–Crippen MR) is 76.0 cm³/mol. The van der Waals surface area contributed by atoms with Gasteiger partial charge in [-0.15, -0.1) is 0 Å². The molecule has 1 aliphatic rings. The minimum Gasteiger partial charge on any atom is -0.486 e. The van der Waals surface area contributed by atoms with E-state index in [2.05, 4.69) is 9.71 Å². The van der Waals surface area contributed by atoms with Gasteiger partial charge >= 0.3 is 5.97 Å². The average Bonchev–Trinajstić information content (AvgIpc) is 2.98. The molecule has 0 bridgehead atoms. The molecule has 22 heavy (non-hydrogen) atoms. The van der Waals surface area contributed by atoms with E-state index in [1.54, 1.807) is 12.1 Å². The fourth-order valence-corrected chi connectivity index (χ4v) is 3.07. The molecule has 116 valence electrons. The van der Waals surface area contributed by atoms with E-state index < -0.39 is 16.0 Å². The van der Waals surface area contributed by atoms with Gasteiger partial charge in [0.05, 0.1) is 5.69 Å². The zero-order valence-electron chi connectivity index (χ0n) is 11.2. The fourth-order valence-electron chi connectivity index (χ4n) is 2.01. The quantitative estimate of drug-likeness (QED) is 0.780. The summed E-state index contributed by atoms with van der Waals surface area (Å²) in [6.07, 6.45) is 1.11. The lowest BCUT2D eigenvalue weighted by Crippen LogP contribution is -2.18. The molecule has 0 saturated carbocycles. The second-order valence-corrected chi connectivity index (χ2v) is 6.17. The van der Waals surface area contributed by atoms with Gasteiger partial charge in [-0.1, -0.05) is 6.07 Å². The number of carbonyl (C=O) groups is 1. The molecule has 1 aliphatic heterocycles. The van der Waals surface area contributed by atoms with Crippen molar-refractivity contribution >= 4 is 21.7 Å². The molecule has 0 spiro atoms. The molecule has 9 heteroatoms. The molecule has 2 heterocycles. The van der Waals surface area contributed by atoms with Crippen LogP contribution in [0.4, 0.5) is 5.69 Å². The van der Waals surface area contributed by atoms with E-state index >= 15 is 0 Å². The average molecular weight is 324 g/mol. The van der Waals surface area contributed by atoms with Crippen molar-refractivity contribution in [3.05, 3.63) is 36.2 Å². The van der Waals surface area contributed by atoms with E-state index in [4.69, 9.17) is 14.6 Å². The standard InChI is InChI=1S/C13H12N2O6S/c16-13(17)10-6-8(7-14-10)22(18,19)15-9-2-1-3-11-12(9)21-5-4-20-11/h1-3,6-7,14-15H,4-5H2,(H,16,17). The lowest BCUT2D eigenvalue weighted by molar-refractivity contribution is 0.0691. The third-order valence-corrected chi connectivity index (χ3v) is 4.35. The Morgan fingerprint density at radius 2 is 2.05 bits per heavy atom. The Bertz CT molecular complexity index is 827. The Kier molecular flexibility index (Phi) is 3.41. The number of carboxylic acids is 1. The molecule has 0 unspecified atom stereocenters. The van der Waals surface area contributed by atoms with Crippen LogP contribution in [0.15, 0.2) is 35.4 Å². The number of aromatic nitrogens is 1. The van der Waals surface area contributed by atoms with Crippen LogP contribution < -0.4 is 14.2 Å². The first-order chi connectivity index (χ1) is 10.5. The Morgan fingerprint density at radius 1 is 1.27 bits per heavy atom. The van der Waals surface area contributed by atoms with Crippen LogP contribution in [0.5, 0.6) is 11.5 Å². The van der Waals surface area contributed by atoms with Gasteiger partial charge in [0, 0.05) is 6.20 Å². The number of aromatic carboxylic acids is 1. The Balaban J connectivity index is 1.93. The molecular formula is C13H12N2O6S. The number of benzene rings is 1. The number of sulfonamides is 1. The Hall–Kier alpha value is -2.68. The molecular weight excluding hydrogens is 312 g/mol. The lowest BCUT2D eigenvalue weighted by atomic mass is 10.2. The van der Waals surface area contributed by atoms with Crippen molar-refractivity contribution in [1.82, 2.24) is 4.98 Å². The van der Waals surface area contributed by atoms with Crippen LogP contribution in [0.25, 0.3) is 0 Å². The van der Waals surface area contributed by atoms with Gasteiger partial charge in [-0.2, -0.15) is 0 Å². The van der Waals surface area contributed by atoms with E-state index in [1.165, 1.54) is 6.07 Å². The summed E-state index contributed by atoms with van der Waals surface area (Å²) in [4.78, 5) is 13.0. The van der Waals surface area contributed by atoms with Crippen molar-refractivity contribution in [2.24, 2.45) is 0 Å². The highest BCUT2D eigenvalue weighted by Gasteiger charge is 2.22. The van der Waals surface area contributed by atoms with Crippen molar-refractivity contribution in [3.8, 4) is 11.5 Å². The molecule has 0 radical (unpaired) electrons. The molecule has 8 nitrogen and oxygen atoms in total. The normalized spacial score (nSPS) is 13.6. The summed E-state index contributed by atoms with van der Waals surface area (Å²) >= 11 is 0. The summed E-state index contributed by atoms with van der Waals surface area (Å²) < 4.78 is 37.8. The van der Waals surface area contributed by atoms with Crippen molar-refractivity contribution in [1.29, 1.82) is 0 Å². The third-order valence-electron chi connectivity index (χ3n) is 3.01. The third kappa shape index (κ3) is 2.58. The van der Waals surface area contributed by atoms with Crippen LogP contribution in [0, 0.1) is 0 Å². The number of para-hydroxylation sites is 1. The Labute approximate surface area is 125 Å². The molecule has 1 aromatic heterocycles. The highest BCUT2D eigenvalue weighted by atomic mass is 32.2. The van der Waals surface area contributed by atoms with Gasteiger partial charge in [-0.3, -0.25) is 4.72 Å². The second-order valence-electron chi connectivity index (χ2n) is 4.49.